The maximum absolute atomic E-state index is 13.2. The number of aromatic nitrogens is 2. The normalized spacial score (nSPS) is 12.5. The van der Waals surface area contributed by atoms with Crippen molar-refractivity contribution in [3.8, 4) is 6.07 Å². The van der Waals surface area contributed by atoms with Crippen LogP contribution in [0.15, 0.2) is 53.4 Å². The standard InChI is InChI=1S/C20H19FN4O2S/c1-2-3-12-23-20-19(24-16-6-4-5-7-17(16)25-20)18(13-22)28(26,27)15-10-8-14(21)9-11-15/h4-11,18H,2-3,12H2,1H3,(H,23,25). The molecule has 1 N–H and O–H groups in total. The fraction of sp³-hybridized carbons (Fsp3) is 0.250. The van der Waals surface area contributed by atoms with Crippen molar-refractivity contribution < 1.29 is 12.8 Å². The van der Waals surface area contributed by atoms with Crippen LogP contribution < -0.4 is 5.32 Å². The number of fused-ring (bicyclic) bond motifs is 1. The molecule has 3 rings (SSSR count). The third-order valence-corrected chi connectivity index (χ3v) is 6.12. The fourth-order valence-corrected chi connectivity index (χ4v) is 4.13. The van der Waals surface area contributed by atoms with E-state index in [1.54, 1.807) is 18.2 Å². The zero-order valence-corrected chi connectivity index (χ0v) is 16.1. The van der Waals surface area contributed by atoms with E-state index in [2.05, 4.69) is 15.3 Å². The van der Waals surface area contributed by atoms with Crippen LogP contribution in [0.4, 0.5) is 10.2 Å². The van der Waals surface area contributed by atoms with E-state index < -0.39 is 20.9 Å². The molecule has 8 heteroatoms. The van der Waals surface area contributed by atoms with Gasteiger partial charge in [0.05, 0.1) is 22.0 Å². The number of halogens is 1. The molecule has 6 nitrogen and oxygen atoms in total. The summed E-state index contributed by atoms with van der Waals surface area (Å²) >= 11 is 0. The van der Waals surface area contributed by atoms with Gasteiger partial charge in [-0.3, -0.25) is 0 Å². The van der Waals surface area contributed by atoms with Crippen molar-refractivity contribution >= 4 is 26.7 Å². The largest absolute Gasteiger partial charge is 0.368 e. The summed E-state index contributed by atoms with van der Waals surface area (Å²) < 4.78 is 39.3. The van der Waals surface area contributed by atoms with Crippen LogP contribution in [0.5, 0.6) is 0 Å². The van der Waals surface area contributed by atoms with Crippen molar-refractivity contribution in [1.82, 2.24) is 9.97 Å². The molecule has 3 aromatic rings. The number of sulfone groups is 1. The van der Waals surface area contributed by atoms with Gasteiger partial charge in [0.15, 0.2) is 11.1 Å². The molecule has 0 aliphatic carbocycles. The van der Waals surface area contributed by atoms with E-state index in [1.807, 2.05) is 19.1 Å². The lowest BCUT2D eigenvalue weighted by Crippen LogP contribution is -2.17. The second-order valence-electron chi connectivity index (χ2n) is 6.23. The number of hydrogen-bond acceptors (Lipinski definition) is 6. The van der Waals surface area contributed by atoms with Gasteiger partial charge in [-0.1, -0.05) is 25.5 Å². The maximum Gasteiger partial charge on any atom is 0.200 e. The lowest BCUT2D eigenvalue weighted by atomic mass is 10.2. The summed E-state index contributed by atoms with van der Waals surface area (Å²) in [6, 6.07) is 13.3. The first-order valence-electron chi connectivity index (χ1n) is 8.87. The van der Waals surface area contributed by atoms with Gasteiger partial charge in [0.25, 0.3) is 0 Å². The molecular weight excluding hydrogens is 379 g/mol. The van der Waals surface area contributed by atoms with Gasteiger partial charge < -0.3 is 5.32 Å². The van der Waals surface area contributed by atoms with Crippen molar-refractivity contribution in [1.29, 1.82) is 5.26 Å². The van der Waals surface area contributed by atoms with Crippen molar-refractivity contribution in [2.24, 2.45) is 0 Å². The van der Waals surface area contributed by atoms with E-state index in [0.29, 0.717) is 17.6 Å². The third-order valence-electron chi connectivity index (χ3n) is 4.24. The lowest BCUT2D eigenvalue weighted by Gasteiger charge is -2.16. The van der Waals surface area contributed by atoms with Crippen LogP contribution in [0, 0.1) is 17.1 Å². The second-order valence-corrected chi connectivity index (χ2v) is 8.27. The van der Waals surface area contributed by atoms with Crippen LogP contribution in [0.25, 0.3) is 11.0 Å². The van der Waals surface area contributed by atoms with Crippen molar-refractivity contribution in [3.63, 3.8) is 0 Å². The van der Waals surface area contributed by atoms with Crippen molar-refractivity contribution in [2.75, 3.05) is 11.9 Å². The molecule has 144 valence electrons. The third kappa shape index (κ3) is 3.94. The Balaban J connectivity index is 2.13. The molecule has 0 bridgehead atoms. The van der Waals surface area contributed by atoms with Crippen LogP contribution in [0.2, 0.25) is 0 Å². The van der Waals surface area contributed by atoms with Gasteiger partial charge in [0.2, 0.25) is 9.84 Å². The monoisotopic (exact) mass is 398 g/mol. The minimum Gasteiger partial charge on any atom is -0.368 e. The average molecular weight is 398 g/mol. The summed E-state index contributed by atoms with van der Waals surface area (Å²) in [4.78, 5) is 8.78. The highest BCUT2D eigenvalue weighted by Crippen LogP contribution is 2.32. The molecule has 2 aromatic carbocycles. The number of anilines is 1. The molecule has 0 spiro atoms. The molecule has 0 amide bonds. The summed E-state index contributed by atoms with van der Waals surface area (Å²) in [7, 11) is -4.11. The highest BCUT2D eigenvalue weighted by Gasteiger charge is 2.33. The molecule has 28 heavy (non-hydrogen) atoms. The number of hydrogen-bond donors (Lipinski definition) is 1. The van der Waals surface area contributed by atoms with Crippen LogP contribution in [0.3, 0.4) is 0 Å². The van der Waals surface area contributed by atoms with Gasteiger partial charge in [-0.15, -0.1) is 0 Å². The van der Waals surface area contributed by atoms with Gasteiger partial charge in [0.1, 0.15) is 11.5 Å². The zero-order valence-electron chi connectivity index (χ0n) is 15.3. The number of benzene rings is 2. The van der Waals surface area contributed by atoms with Gasteiger partial charge in [-0.05, 0) is 42.8 Å². The molecule has 0 saturated carbocycles. The van der Waals surface area contributed by atoms with E-state index >= 15 is 0 Å². The van der Waals surface area contributed by atoms with Gasteiger partial charge >= 0.3 is 0 Å². The summed E-state index contributed by atoms with van der Waals surface area (Å²) in [5.74, 6) is -0.288. The minimum absolute atomic E-state index is 0.0432. The molecule has 0 aliphatic rings. The number of para-hydroxylation sites is 2. The Morgan fingerprint density at radius 3 is 2.36 bits per heavy atom. The summed E-state index contributed by atoms with van der Waals surface area (Å²) in [6.45, 7) is 2.61. The summed E-state index contributed by atoms with van der Waals surface area (Å²) in [5.41, 5.74) is 1.14. The topological polar surface area (TPSA) is 95.7 Å². The summed E-state index contributed by atoms with van der Waals surface area (Å²) in [6.07, 6.45) is 1.80. The van der Waals surface area contributed by atoms with E-state index in [1.165, 1.54) is 0 Å². The van der Waals surface area contributed by atoms with Crippen LogP contribution >= 0.6 is 0 Å². The molecule has 0 saturated heterocycles. The Hall–Kier alpha value is -3.05. The molecule has 0 aliphatic heterocycles. The minimum atomic E-state index is -4.11. The van der Waals surface area contributed by atoms with Gasteiger partial charge in [0, 0.05) is 6.54 Å². The number of unbranched alkanes of at least 4 members (excludes halogenated alkanes) is 1. The van der Waals surface area contributed by atoms with Crippen molar-refractivity contribution in [3.05, 3.63) is 60.0 Å². The SMILES string of the molecule is CCCCNc1nc2ccccc2nc1C(C#N)S(=O)(=O)c1ccc(F)cc1. The van der Waals surface area contributed by atoms with E-state index in [0.717, 1.165) is 37.1 Å². The predicted molar refractivity (Wildman–Crippen MR) is 105 cm³/mol. The molecular formula is C20H19FN4O2S. The van der Waals surface area contributed by atoms with Gasteiger partial charge in [-0.25, -0.2) is 22.8 Å². The molecule has 0 radical (unpaired) electrons. The first kappa shape index (κ1) is 19.7. The molecule has 1 heterocycles. The number of nitrogens with one attached hydrogen (secondary N) is 1. The molecule has 1 aromatic heterocycles. The highest BCUT2D eigenvalue weighted by molar-refractivity contribution is 7.92. The van der Waals surface area contributed by atoms with E-state index in [4.69, 9.17) is 0 Å². The Bertz CT molecular complexity index is 1130. The smallest absolute Gasteiger partial charge is 0.200 e. The number of nitriles is 1. The van der Waals surface area contributed by atoms with Gasteiger partial charge in [-0.2, -0.15) is 5.26 Å². The van der Waals surface area contributed by atoms with Crippen molar-refractivity contribution in [2.45, 2.75) is 29.9 Å². The highest BCUT2D eigenvalue weighted by atomic mass is 32.2. The quantitative estimate of drug-likeness (QED) is 0.477. The zero-order chi connectivity index (χ0) is 20.1. The average Bonchev–Trinajstić information content (AvgIpc) is 2.69. The Morgan fingerprint density at radius 2 is 1.75 bits per heavy atom. The maximum atomic E-state index is 13.2. The first-order chi connectivity index (χ1) is 13.5. The molecule has 1 atom stereocenters. The van der Waals surface area contributed by atoms with Crippen LogP contribution in [0.1, 0.15) is 30.7 Å². The molecule has 0 fully saturated rings. The van der Waals surface area contributed by atoms with E-state index in [9.17, 15) is 18.1 Å². The van der Waals surface area contributed by atoms with E-state index in [-0.39, 0.29) is 16.4 Å². The van der Waals surface area contributed by atoms with Crippen LogP contribution in [-0.2, 0) is 9.84 Å². The number of rotatable bonds is 7. The lowest BCUT2D eigenvalue weighted by molar-refractivity contribution is 0.589. The second kappa shape index (κ2) is 8.31. The fourth-order valence-electron chi connectivity index (χ4n) is 2.75. The summed E-state index contributed by atoms with van der Waals surface area (Å²) in [5, 5.41) is 11.2. The number of nitrogens with zero attached hydrogens (tertiary/aromatic N) is 3. The Morgan fingerprint density at radius 1 is 1.11 bits per heavy atom. The Labute approximate surface area is 163 Å². The first-order valence-corrected chi connectivity index (χ1v) is 10.4. The molecule has 1 unspecified atom stereocenters. The Kier molecular flexibility index (Phi) is 5.85. The van der Waals surface area contributed by atoms with Crippen LogP contribution in [-0.4, -0.2) is 24.9 Å². The predicted octanol–water partition coefficient (Wildman–Crippen LogP) is 4.02.